The van der Waals surface area contributed by atoms with Gasteiger partial charge in [0.05, 0.1) is 10.7 Å². The van der Waals surface area contributed by atoms with E-state index in [2.05, 4.69) is 4.99 Å². The van der Waals surface area contributed by atoms with E-state index in [4.69, 9.17) is 11.6 Å². The van der Waals surface area contributed by atoms with Crippen molar-refractivity contribution in [3.63, 3.8) is 0 Å². The number of rotatable bonds is 2. The summed E-state index contributed by atoms with van der Waals surface area (Å²) >= 11 is 5.65. The van der Waals surface area contributed by atoms with E-state index in [1.54, 1.807) is 0 Å². The van der Waals surface area contributed by atoms with Gasteiger partial charge in [-0.05, 0) is 23.6 Å². The van der Waals surface area contributed by atoms with Crippen LogP contribution in [-0.4, -0.2) is 17.8 Å². The molecule has 0 radical (unpaired) electrons. The number of aliphatic imine (C=N–C) groups is 1. The number of ketones is 2. The minimum atomic E-state index is -0.799. The predicted octanol–water partition coefficient (Wildman–Crippen LogP) is 3.76. The van der Waals surface area contributed by atoms with Gasteiger partial charge in [0.15, 0.2) is 0 Å². The highest BCUT2D eigenvalue weighted by molar-refractivity contribution is 6.31. The average molecular weight is 296 g/mol. The van der Waals surface area contributed by atoms with Crippen molar-refractivity contribution in [2.45, 2.75) is 26.7 Å². The Balaban J connectivity index is 2.16. The van der Waals surface area contributed by atoms with Crippen LogP contribution in [0.3, 0.4) is 0 Å². The second kappa shape index (κ2) is 5.44. The molecule has 0 atom stereocenters. The summed E-state index contributed by atoms with van der Waals surface area (Å²) in [6.07, 6.45) is 2.06. The fraction of sp³-hybridized carbons (Fsp3) is 0.400. The molecule has 1 aromatic carbocycles. The van der Waals surface area contributed by atoms with Crippen molar-refractivity contribution in [1.82, 2.24) is 0 Å². The van der Waals surface area contributed by atoms with Gasteiger partial charge in [-0.1, -0.05) is 25.4 Å². The number of carbonyl (C=O) groups is 2. The summed E-state index contributed by atoms with van der Waals surface area (Å²) in [7, 11) is 0. The molecule has 0 aliphatic heterocycles. The van der Waals surface area contributed by atoms with Crippen molar-refractivity contribution in [1.29, 1.82) is 0 Å². The highest BCUT2D eigenvalue weighted by Gasteiger charge is 2.38. The number of carbonyl (C=O) groups excluding carboxylic acids is 2. The summed E-state index contributed by atoms with van der Waals surface area (Å²) < 4.78 is 13.0. The summed E-state index contributed by atoms with van der Waals surface area (Å²) in [4.78, 5) is 28.0. The summed E-state index contributed by atoms with van der Waals surface area (Å²) in [6.45, 7) is 3.80. The quantitative estimate of drug-likeness (QED) is 0.616. The molecule has 0 amide bonds. The topological polar surface area (TPSA) is 46.5 Å². The fourth-order valence-electron chi connectivity index (χ4n) is 2.30. The van der Waals surface area contributed by atoms with Gasteiger partial charge in [-0.2, -0.15) is 0 Å². The average Bonchev–Trinajstić information content (AvgIpc) is 2.31. The minimum Gasteiger partial charge on any atom is -0.298 e. The van der Waals surface area contributed by atoms with E-state index in [-0.39, 0.29) is 22.0 Å². The lowest BCUT2D eigenvalue weighted by atomic mass is 9.72. The van der Waals surface area contributed by atoms with Gasteiger partial charge in [0.25, 0.3) is 0 Å². The summed E-state index contributed by atoms with van der Waals surface area (Å²) in [5.74, 6) is -1.57. The molecule has 1 aromatic rings. The van der Waals surface area contributed by atoms with Crippen LogP contribution in [0, 0.1) is 17.2 Å². The molecule has 1 aliphatic carbocycles. The standard InChI is InChI=1S/C15H15ClFNO2/c1-15(2)6-13(19)10(14(20)7-15)8-18-9-3-4-12(17)11(16)5-9/h3-5,8,10H,6-7H2,1-2H3. The molecule has 106 valence electrons. The normalized spacial score (nSPS) is 19.8. The van der Waals surface area contributed by atoms with Gasteiger partial charge in [-0.15, -0.1) is 0 Å². The third kappa shape index (κ3) is 3.31. The van der Waals surface area contributed by atoms with Crippen LogP contribution in [0.25, 0.3) is 0 Å². The van der Waals surface area contributed by atoms with Crippen LogP contribution in [0.4, 0.5) is 10.1 Å². The van der Waals surface area contributed by atoms with Crippen LogP contribution in [0.1, 0.15) is 26.7 Å². The molecule has 2 rings (SSSR count). The Bertz CT molecular complexity index is 576. The van der Waals surface area contributed by atoms with Gasteiger partial charge >= 0.3 is 0 Å². The molecule has 1 fully saturated rings. The lowest BCUT2D eigenvalue weighted by molar-refractivity contribution is -0.136. The zero-order valence-corrected chi connectivity index (χ0v) is 12.1. The second-order valence-electron chi connectivity index (χ2n) is 5.80. The van der Waals surface area contributed by atoms with Crippen molar-refractivity contribution < 1.29 is 14.0 Å². The van der Waals surface area contributed by atoms with E-state index in [1.165, 1.54) is 24.4 Å². The smallest absolute Gasteiger partial charge is 0.149 e. The number of benzene rings is 1. The monoisotopic (exact) mass is 295 g/mol. The molecule has 1 aliphatic rings. The third-order valence-electron chi connectivity index (χ3n) is 3.28. The maximum atomic E-state index is 13.0. The van der Waals surface area contributed by atoms with Gasteiger partial charge in [-0.3, -0.25) is 14.6 Å². The number of halogens is 2. The molecule has 0 N–H and O–H groups in total. The first-order valence-corrected chi connectivity index (χ1v) is 6.71. The van der Waals surface area contributed by atoms with Crippen LogP contribution in [0.15, 0.2) is 23.2 Å². The second-order valence-corrected chi connectivity index (χ2v) is 6.21. The molecule has 1 saturated carbocycles. The first-order chi connectivity index (χ1) is 9.28. The van der Waals surface area contributed by atoms with Crippen molar-refractivity contribution in [3.05, 3.63) is 29.0 Å². The van der Waals surface area contributed by atoms with Crippen LogP contribution in [0.5, 0.6) is 0 Å². The molecule has 0 bridgehead atoms. The molecule has 3 nitrogen and oxygen atoms in total. The van der Waals surface area contributed by atoms with Crippen LogP contribution in [0.2, 0.25) is 5.02 Å². The van der Waals surface area contributed by atoms with Gasteiger partial charge in [0.2, 0.25) is 0 Å². The number of hydrogen-bond donors (Lipinski definition) is 0. The van der Waals surface area contributed by atoms with Gasteiger partial charge in [0, 0.05) is 19.1 Å². The Hall–Kier alpha value is -1.55. The summed E-state index contributed by atoms with van der Waals surface area (Å²) in [5.41, 5.74) is 0.138. The minimum absolute atomic E-state index is 0.0397. The van der Waals surface area contributed by atoms with Crippen LogP contribution in [-0.2, 0) is 9.59 Å². The first kappa shape index (κ1) is 14.9. The van der Waals surface area contributed by atoms with Crippen molar-refractivity contribution in [2.24, 2.45) is 16.3 Å². The molecular weight excluding hydrogens is 281 g/mol. The SMILES string of the molecule is CC1(C)CC(=O)C(C=Nc2ccc(F)c(Cl)c2)C(=O)C1. The summed E-state index contributed by atoms with van der Waals surface area (Å²) in [5, 5.41) is -0.0397. The fourth-order valence-corrected chi connectivity index (χ4v) is 2.47. The lowest BCUT2D eigenvalue weighted by Gasteiger charge is -2.30. The van der Waals surface area contributed by atoms with Crippen molar-refractivity contribution in [3.8, 4) is 0 Å². The van der Waals surface area contributed by atoms with E-state index in [9.17, 15) is 14.0 Å². The molecular formula is C15H15ClFNO2. The molecule has 0 aromatic heterocycles. The van der Waals surface area contributed by atoms with E-state index in [1.807, 2.05) is 13.8 Å². The van der Waals surface area contributed by atoms with E-state index in [0.717, 1.165) is 0 Å². The lowest BCUT2D eigenvalue weighted by Crippen LogP contribution is -2.38. The highest BCUT2D eigenvalue weighted by atomic mass is 35.5. The van der Waals surface area contributed by atoms with Gasteiger partial charge in [0.1, 0.15) is 23.3 Å². The van der Waals surface area contributed by atoms with Crippen LogP contribution < -0.4 is 0 Å². The number of Topliss-reactive ketones (excluding diaryl/α,β-unsaturated/α-hetero) is 2. The van der Waals surface area contributed by atoms with E-state index in [0.29, 0.717) is 18.5 Å². The molecule has 0 spiro atoms. The maximum Gasteiger partial charge on any atom is 0.149 e. The molecule has 5 heteroatoms. The Morgan fingerprint density at radius 2 is 1.90 bits per heavy atom. The third-order valence-corrected chi connectivity index (χ3v) is 3.56. The van der Waals surface area contributed by atoms with E-state index >= 15 is 0 Å². The molecule has 20 heavy (non-hydrogen) atoms. The van der Waals surface area contributed by atoms with Crippen molar-refractivity contribution in [2.75, 3.05) is 0 Å². The first-order valence-electron chi connectivity index (χ1n) is 6.33. The maximum absolute atomic E-state index is 13.0. The largest absolute Gasteiger partial charge is 0.298 e. The van der Waals surface area contributed by atoms with Crippen molar-refractivity contribution >= 4 is 35.1 Å². The Labute approximate surface area is 121 Å². The summed E-state index contributed by atoms with van der Waals surface area (Å²) in [6, 6.07) is 4.00. The predicted molar refractivity (Wildman–Crippen MR) is 76.1 cm³/mol. The Morgan fingerprint density at radius 1 is 1.30 bits per heavy atom. The Morgan fingerprint density at radius 3 is 2.45 bits per heavy atom. The van der Waals surface area contributed by atoms with Crippen LogP contribution >= 0.6 is 11.6 Å². The Kier molecular flexibility index (Phi) is 4.04. The highest BCUT2D eigenvalue weighted by Crippen LogP contribution is 2.33. The van der Waals surface area contributed by atoms with Gasteiger partial charge < -0.3 is 0 Å². The molecule has 0 heterocycles. The number of hydrogen-bond acceptors (Lipinski definition) is 3. The number of nitrogens with zero attached hydrogens (tertiary/aromatic N) is 1. The van der Waals surface area contributed by atoms with Gasteiger partial charge in [-0.25, -0.2) is 4.39 Å². The van der Waals surface area contributed by atoms with E-state index < -0.39 is 11.7 Å². The zero-order chi connectivity index (χ0) is 14.9. The molecule has 0 saturated heterocycles. The molecule has 0 unspecified atom stereocenters. The zero-order valence-electron chi connectivity index (χ0n) is 11.3.